The summed E-state index contributed by atoms with van der Waals surface area (Å²) in [6.07, 6.45) is 31.9. The monoisotopic (exact) mass is 1410 g/mol. The van der Waals surface area contributed by atoms with Crippen molar-refractivity contribution >= 4 is 29.7 Å². The van der Waals surface area contributed by atoms with Crippen molar-refractivity contribution in [1.29, 1.82) is 5.26 Å². The number of carbonyl (C=O) groups excluding carboxylic acids is 2. The first-order valence-corrected chi connectivity index (χ1v) is 35.6. The summed E-state index contributed by atoms with van der Waals surface area (Å²) in [5.41, 5.74) is 27.5. The number of hydrogen-bond acceptors (Lipinski definition) is 25. The lowest BCUT2D eigenvalue weighted by molar-refractivity contribution is -0.131. The van der Waals surface area contributed by atoms with Crippen LogP contribution in [0.15, 0.2) is 161 Å². The number of amides is 2. The fourth-order valence-electron chi connectivity index (χ4n) is 14.0. The van der Waals surface area contributed by atoms with Crippen molar-refractivity contribution in [3.05, 3.63) is 181 Å². The van der Waals surface area contributed by atoms with Gasteiger partial charge in [-0.15, -0.1) is 0 Å². The van der Waals surface area contributed by atoms with E-state index >= 15 is 0 Å². The van der Waals surface area contributed by atoms with E-state index < -0.39 is 0 Å². The summed E-state index contributed by atoms with van der Waals surface area (Å²) in [4.78, 5) is 67.1. The normalized spacial score (nSPS) is 15.7. The van der Waals surface area contributed by atoms with E-state index in [1.165, 1.54) is 5.56 Å². The van der Waals surface area contributed by atoms with E-state index in [9.17, 15) is 9.59 Å². The van der Waals surface area contributed by atoms with Gasteiger partial charge >= 0.3 is 0 Å². The molecule has 3 aromatic carbocycles. The molecule has 3 saturated carbocycles. The highest BCUT2D eigenvalue weighted by molar-refractivity contribution is 5.76. The Labute approximate surface area is 604 Å². The lowest BCUT2D eigenvalue weighted by Gasteiger charge is -2.39. The van der Waals surface area contributed by atoms with Gasteiger partial charge in [-0.2, -0.15) is 35.5 Å². The minimum Gasteiger partial charge on any atom is -0.368 e. The van der Waals surface area contributed by atoms with Crippen LogP contribution in [0.5, 0.6) is 0 Å². The van der Waals surface area contributed by atoms with Crippen LogP contribution in [0.25, 0.3) is 67.7 Å². The van der Waals surface area contributed by atoms with Gasteiger partial charge < -0.3 is 45.9 Å². The SMILES string of the molecule is CCN(CC)C(=O)Cn1cc(-c2nc(C3(c4ccc(-c5cnc(N)nc5)cc4)CCC3)no2)cn1.CCNC(=O)Cn1cc(-c2nc(C3(c4ccc(-c5cnc(N)nc5)cc4)CCC3)no2)cn1.N#CC1CCN(CCn2cc(-c3nc(C4(c5ccc(-c6cnc(N)nc6)cc5)CCC4)no3)cn2)CC1. The van der Waals surface area contributed by atoms with E-state index in [-0.39, 0.29) is 64.9 Å². The second-order valence-corrected chi connectivity index (χ2v) is 26.9. The number of rotatable bonds is 22. The lowest BCUT2D eigenvalue weighted by atomic mass is 9.64. The molecule has 10 heterocycles. The molecular weight excluding hydrogens is 1330 g/mol. The van der Waals surface area contributed by atoms with Crippen LogP contribution in [0, 0.1) is 17.2 Å². The number of nitrogen functional groups attached to an aromatic ring is 3. The molecule has 1 aliphatic heterocycles. The molecule has 0 atom stereocenters. The van der Waals surface area contributed by atoms with E-state index in [2.05, 4.69) is 150 Å². The Morgan fingerprint density at radius 3 is 1.17 bits per heavy atom. The molecule has 12 aromatic rings. The second kappa shape index (κ2) is 30.7. The van der Waals surface area contributed by atoms with Gasteiger partial charge in [0.05, 0.1) is 64.1 Å². The topological polar surface area (TPSA) is 402 Å². The molecule has 2 amide bonds. The summed E-state index contributed by atoms with van der Waals surface area (Å²) in [6, 6.07) is 27.5. The van der Waals surface area contributed by atoms with Crippen molar-refractivity contribution in [3.63, 3.8) is 0 Å². The van der Waals surface area contributed by atoms with E-state index in [1.807, 2.05) is 31.6 Å². The van der Waals surface area contributed by atoms with Gasteiger partial charge in [-0.05, 0) is 119 Å². The summed E-state index contributed by atoms with van der Waals surface area (Å²) in [5.74, 6) is 4.29. The maximum absolute atomic E-state index is 12.4. The molecule has 0 unspecified atom stereocenters. The average Bonchev–Trinajstić information content (AvgIpc) is 1.73. The molecule has 16 rings (SSSR count). The fraction of sp³-hybridized carbons (Fsp3) is 0.360. The number of nitrogens with zero attached hydrogens (tertiary/aromatic N) is 21. The number of aromatic nitrogens is 18. The number of likely N-dealkylation sites (N-methyl/N-ethyl adjacent to an activating group) is 2. The molecule has 30 nitrogen and oxygen atoms in total. The Morgan fingerprint density at radius 1 is 0.486 bits per heavy atom. The first-order valence-electron chi connectivity index (χ1n) is 35.6. The van der Waals surface area contributed by atoms with Gasteiger partial charge in [-0.1, -0.05) is 108 Å². The largest absolute Gasteiger partial charge is 0.368 e. The first-order chi connectivity index (χ1) is 51.2. The van der Waals surface area contributed by atoms with Gasteiger partial charge in [0.15, 0.2) is 17.5 Å². The number of benzene rings is 3. The van der Waals surface area contributed by atoms with Crippen LogP contribution in [0.3, 0.4) is 0 Å². The van der Waals surface area contributed by atoms with Crippen LogP contribution in [0.2, 0.25) is 0 Å². The van der Waals surface area contributed by atoms with Gasteiger partial charge in [0.2, 0.25) is 29.7 Å². The molecule has 3 aliphatic carbocycles. The molecular formula is C75H81N25O5. The third kappa shape index (κ3) is 15.0. The van der Waals surface area contributed by atoms with Crippen molar-refractivity contribution in [3.8, 4) is 73.8 Å². The Kier molecular flexibility index (Phi) is 20.4. The van der Waals surface area contributed by atoms with Gasteiger partial charge in [0.25, 0.3) is 17.7 Å². The van der Waals surface area contributed by atoms with Crippen LogP contribution in [-0.2, 0) is 45.5 Å². The highest BCUT2D eigenvalue weighted by atomic mass is 16.5. The highest BCUT2D eigenvalue weighted by Gasteiger charge is 2.47. The number of anilines is 3. The number of carbonyl (C=O) groups is 2. The number of nitriles is 1. The molecule has 30 heteroatoms. The third-order valence-electron chi connectivity index (χ3n) is 20.7. The fourth-order valence-corrected chi connectivity index (χ4v) is 14.0. The van der Waals surface area contributed by atoms with E-state index in [1.54, 1.807) is 82.4 Å². The van der Waals surface area contributed by atoms with Crippen molar-refractivity contribution in [2.45, 2.75) is 127 Å². The predicted molar refractivity (Wildman–Crippen MR) is 387 cm³/mol. The van der Waals surface area contributed by atoms with Crippen LogP contribution < -0.4 is 22.5 Å². The number of hydrogen-bond donors (Lipinski definition) is 4. The summed E-state index contributed by atoms with van der Waals surface area (Å²) in [6.45, 7) is 11.7. The van der Waals surface area contributed by atoms with Gasteiger partial charge in [0.1, 0.15) is 13.1 Å². The van der Waals surface area contributed by atoms with Crippen LogP contribution >= 0.6 is 0 Å². The van der Waals surface area contributed by atoms with E-state index in [4.69, 9.17) is 51.0 Å². The van der Waals surface area contributed by atoms with Crippen molar-refractivity contribution in [2.75, 3.05) is 56.5 Å². The Morgan fingerprint density at radius 2 is 0.838 bits per heavy atom. The number of piperidine rings is 1. The minimum absolute atomic E-state index is 0.0262. The van der Waals surface area contributed by atoms with Crippen LogP contribution in [0.4, 0.5) is 17.8 Å². The standard InChI is InChI=1S/C27H29N9O.C25H28N8O2.C23H24N8O2/c28-14-19-6-10-35(11-7-19)12-13-36-18-22(17-32-36)24-33-25(34-37-24)27(8-1-9-27)23-4-2-20(3-5-23)21-15-30-26(29)31-16-21;1-3-32(4-2)21(34)16-33-15-19(14-29-33)22-30-23(31-35-22)25(10-5-11-25)20-8-6-17(7-9-20)18-12-27-24(26)28-13-18;1-2-25-19(32)14-31-13-17(12-28-31)20-29-21(30-33-20)23(8-3-9-23)18-6-4-15(5-7-18)16-10-26-22(24)27-11-16/h2-5,15-19H,1,6-13H2,(H2,29,30,31);6-9,12-15H,3-5,10-11,16H2,1-2H3,(H2,26,27,28);4-7,10-13H,2-3,8-9,14H2,1H3,(H,25,32)(H2,24,26,27). The maximum Gasteiger partial charge on any atom is 0.261 e. The number of nitrogens with two attached hydrogens (primary N) is 3. The van der Waals surface area contributed by atoms with Gasteiger partial charge in [-0.25, -0.2) is 29.9 Å². The van der Waals surface area contributed by atoms with Gasteiger partial charge in [-0.3, -0.25) is 23.6 Å². The molecule has 536 valence electrons. The summed E-state index contributed by atoms with van der Waals surface area (Å²) in [5, 5.41) is 38.0. The van der Waals surface area contributed by atoms with Crippen molar-refractivity contribution in [1.82, 2.24) is 105 Å². The molecule has 0 spiro atoms. The second-order valence-electron chi connectivity index (χ2n) is 26.9. The molecule has 0 radical (unpaired) electrons. The molecule has 0 bridgehead atoms. The zero-order chi connectivity index (χ0) is 72.5. The van der Waals surface area contributed by atoms with Crippen LogP contribution in [-0.4, -0.2) is 151 Å². The van der Waals surface area contributed by atoms with Crippen LogP contribution in [0.1, 0.15) is 126 Å². The van der Waals surface area contributed by atoms with E-state index in [0.717, 1.165) is 153 Å². The zero-order valence-electron chi connectivity index (χ0n) is 58.7. The van der Waals surface area contributed by atoms with Crippen molar-refractivity contribution in [2.24, 2.45) is 5.92 Å². The number of nitrogens with one attached hydrogen (secondary N) is 1. The first kappa shape index (κ1) is 69.8. The molecule has 7 N–H and O–H groups in total. The Bertz CT molecular complexity index is 4930. The number of likely N-dealkylation sites (tertiary alicyclic amines) is 1. The average molecular weight is 1410 g/mol. The predicted octanol–water partition coefficient (Wildman–Crippen LogP) is 9.57. The molecule has 4 fully saturated rings. The van der Waals surface area contributed by atoms with E-state index in [0.29, 0.717) is 60.1 Å². The summed E-state index contributed by atoms with van der Waals surface area (Å²) < 4.78 is 22.0. The smallest absolute Gasteiger partial charge is 0.261 e. The zero-order valence-corrected chi connectivity index (χ0v) is 58.7. The Hall–Kier alpha value is -12.3. The van der Waals surface area contributed by atoms with Gasteiger partial charge in [0, 0.05) is 105 Å². The highest BCUT2D eigenvalue weighted by Crippen LogP contribution is 2.51. The molecule has 105 heavy (non-hydrogen) atoms. The summed E-state index contributed by atoms with van der Waals surface area (Å²) in [7, 11) is 0. The van der Waals surface area contributed by atoms with Crippen molar-refractivity contribution < 1.29 is 23.2 Å². The summed E-state index contributed by atoms with van der Waals surface area (Å²) >= 11 is 0. The maximum atomic E-state index is 12.4. The lowest BCUT2D eigenvalue weighted by Crippen LogP contribution is -2.36. The minimum atomic E-state index is -0.271. The molecule has 4 aliphatic rings. The molecule has 9 aromatic heterocycles. The Balaban J connectivity index is 0.000000133. The molecule has 1 saturated heterocycles. The third-order valence-corrected chi connectivity index (χ3v) is 20.7. The quantitative estimate of drug-likeness (QED) is 0.0490.